The summed E-state index contributed by atoms with van der Waals surface area (Å²) in [5, 5.41) is 4.55. The van der Waals surface area contributed by atoms with Gasteiger partial charge >= 0.3 is 0 Å². The quantitative estimate of drug-likeness (QED) is 0.113. The maximum absolute atomic E-state index is 10.4. The summed E-state index contributed by atoms with van der Waals surface area (Å²) >= 11 is 0. The number of anilines is 6. The monoisotopic (exact) mass is 576 g/mol. The van der Waals surface area contributed by atoms with E-state index in [1.807, 2.05) is 66.7 Å². The van der Waals surface area contributed by atoms with Gasteiger partial charge in [0.1, 0.15) is 0 Å². The van der Waals surface area contributed by atoms with E-state index in [0.29, 0.717) is 5.30 Å². The highest BCUT2D eigenvalue weighted by molar-refractivity contribution is 7.54. The molecule has 0 unspecified atom stereocenters. The molecule has 43 heavy (non-hydrogen) atoms. The van der Waals surface area contributed by atoms with E-state index in [1.54, 1.807) is 0 Å². The predicted molar refractivity (Wildman–Crippen MR) is 182 cm³/mol. The van der Waals surface area contributed by atoms with Crippen LogP contribution >= 0.6 is 8.38 Å². The molecule has 0 spiro atoms. The molecule has 0 radical (unpaired) electrons. The molecule has 0 aliphatic rings. The number of rotatable bonds is 7. The lowest BCUT2D eigenvalue weighted by molar-refractivity contribution is 0.497. The molecule has 0 bridgehead atoms. The van der Waals surface area contributed by atoms with Crippen molar-refractivity contribution >= 4 is 69.3 Å². The van der Waals surface area contributed by atoms with Crippen molar-refractivity contribution in [1.82, 2.24) is 0 Å². The van der Waals surface area contributed by atoms with E-state index in [0.717, 1.165) is 55.7 Å². The molecule has 0 fully saturated rings. The SMILES string of the molecule is OP(O)c1ccc2c(N(c3ccccc3)c3ccccc3)c3ccccc3c(N(c3ccccc3)c3ccccc3)c2c1. The molecular formula is C38H29N2O2P. The first kappa shape index (κ1) is 26.9. The van der Waals surface area contributed by atoms with Gasteiger partial charge in [-0.15, -0.1) is 0 Å². The molecule has 7 rings (SSSR count). The first-order chi connectivity index (χ1) is 21.2. The van der Waals surface area contributed by atoms with Crippen LogP contribution in [0, 0.1) is 0 Å². The van der Waals surface area contributed by atoms with Crippen LogP contribution in [0.3, 0.4) is 0 Å². The maximum Gasteiger partial charge on any atom is 0.199 e. The highest BCUT2D eigenvalue weighted by Gasteiger charge is 2.25. The second-order valence-corrected chi connectivity index (χ2v) is 11.4. The van der Waals surface area contributed by atoms with E-state index >= 15 is 0 Å². The fourth-order valence-corrected chi connectivity index (χ4v) is 6.30. The summed E-state index contributed by atoms with van der Waals surface area (Å²) in [7, 11) is -2.30. The summed E-state index contributed by atoms with van der Waals surface area (Å²) in [4.78, 5) is 25.3. The zero-order valence-corrected chi connectivity index (χ0v) is 24.2. The van der Waals surface area contributed by atoms with Gasteiger partial charge in [-0.1, -0.05) is 103 Å². The lowest BCUT2D eigenvalue weighted by atomic mass is 9.95. The topological polar surface area (TPSA) is 46.9 Å². The van der Waals surface area contributed by atoms with E-state index in [1.165, 1.54) is 0 Å². The van der Waals surface area contributed by atoms with Crippen molar-refractivity contribution in [1.29, 1.82) is 0 Å². The highest BCUT2D eigenvalue weighted by Crippen LogP contribution is 2.51. The third kappa shape index (κ3) is 5.03. The van der Waals surface area contributed by atoms with Crippen LogP contribution in [-0.4, -0.2) is 9.79 Å². The Morgan fingerprint density at radius 3 is 1.05 bits per heavy atom. The summed E-state index contributed by atoms with van der Waals surface area (Å²) in [5.41, 5.74) is 6.09. The van der Waals surface area contributed by atoms with Gasteiger partial charge in [-0.3, -0.25) is 0 Å². The van der Waals surface area contributed by atoms with Gasteiger partial charge in [0, 0.05) is 49.6 Å². The molecule has 0 aromatic heterocycles. The van der Waals surface area contributed by atoms with Crippen LogP contribution < -0.4 is 15.1 Å². The summed E-state index contributed by atoms with van der Waals surface area (Å²) in [6.45, 7) is 0. The number of nitrogens with zero attached hydrogens (tertiary/aromatic N) is 2. The Bertz CT molecular complexity index is 1920. The Morgan fingerprint density at radius 2 is 0.674 bits per heavy atom. The highest BCUT2D eigenvalue weighted by atomic mass is 31.2. The summed E-state index contributed by atoms with van der Waals surface area (Å²) in [5.74, 6) is 0. The molecular weight excluding hydrogens is 547 g/mol. The Hall–Kier alpha value is -4.99. The van der Waals surface area contributed by atoms with Gasteiger partial charge in [-0.25, -0.2) is 0 Å². The lowest BCUT2D eigenvalue weighted by Gasteiger charge is -2.33. The van der Waals surface area contributed by atoms with Gasteiger partial charge < -0.3 is 19.6 Å². The molecule has 208 valence electrons. The summed E-state index contributed by atoms with van der Waals surface area (Å²) in [6.07, 6.45) is 0. The standard InChI is InChI=1S/C38H29N2O2P/c41-43(42)32-25-26-35-36(27-32)38(40(30-19-9-3-10-20-30)31-21-11-4-12-22-31)34-24-14-13-23-33(34)37(35)39(28-15-5-1-6-16-28)29-17-7-2-8-18-29/h1-27,41-42H. The van der Waals surface area contributed by atoms with Gasteiger partial charge in [0.05, 0.1) is 11.4 Å². The first-order valence-corrected chi connectivity index (χ1v) is 15.4. The van der Waals surface area contributed by atoms with Gasteiger partial charge in [0.2, 0.25) is 0 Å². The smallest absolute Gasteiger partial charge is 0.199 e. The minimum absolute atomic E-state index is 0.497. The van der Waals surface area contributed by atoms with Crippen LogP contribution in [-0.2, 0) is 0 Å². The van der Waals surface area contributed by atoms with Crippen LogP contribution in [0.2, 0.25) is 0 Å². The molecule has 5 heteroatoms. The van der Waals surface area contributed by atoms with Crippen LogP contribution in [0.1, 0.15) is 0 Å². The van der Waals surface area contributed by atoms with E-state index in [9.17, 15) is 9.79 Å². The normalized spacial score (nSPS) is 11.2. The molecule has 7 aromatic rings. The number of para-hydroxylation sites is 4. The van der Waals surface area contributed by atoms with Crippen molar-refractivity contribution in [3.05, 3.63) is 164 Å². The van der Waals surface area contributed by atoms with E-state index in [-0.39, 0.29) is 0 Å². The third-order valence-corrected chi connectivity index (χ3v) is 8.43. The summed E-state index contributed by atoms with van der Waals surface area (Å²) in [6, 6.07) is 55.7. The van der Waals surface area contributed by atoms with E-state index in [2.05, 4.69) is 107 Å². The fraction of sp³-hybridized carbons (Fsp3) is 0. The first-order valence-electron chi connectivity index (χ1n) is 14.2. The number of benzene rings is 7. The van der Waals surface area contributed by atoms with Gasteiger partial charge in [-0.2, -0.15) is 0 Å². The molecule has 0 saturated heterocycles. The number of hydrogen-bond donors (Lipinski definition) is 2. The maximum atomic E-state index is 10.4. The van der Waals surface area contributed by atoms with Crippen molar-refractivity contribution in [2.45, 2.75) is 0 Å². The second kappa shape index (κ2) is 11.7. The largest absolute Gasteiger partial charge is 0.347 e. The van der Waals surface area contributed by atoms with E-state index in [4.69, 9.17) is 0 Å². The Labute approximate surface area is 252 Å². The molecule has 0 aliphatic heterocycles. The molecule has 0 aliphatic carbocycles. The minimum atomic E-state index is -2.30. The van der Waals surface area contributed by atoms with Crippen LogP contribution in [0.5, 0.6) is 0 Å². The number of hydrogen-bond acceptors (Lipinski definition) is 4. The van der Waals surface area contributed by atoms with Gasteiger partial charge in [0.25, 0.3) is 0 Å². The van der Waals surface area contributed by atoms with Crippen LogP contribution in [0.25, 0.3) is 21.5 Å². The Balaban J connectivity index is 1.66. The van der Waals surface area contributed by atoms with Crippen molar-refractivity contribution < 1.29 is 9.79 Å². The van der Waals surface area contributed by atoms with Crippen LogP contribution in [0.4, 0.5) is 34.1 Å². The number of fused-ring (bicyclic) bond motifs is 2. The molecule has 0 saturated carbocycles. The predicted octanol–water partition coefficient (Wildman–Crippen LogP) is 9.85. The second-order valence-electron chi connectivity index (χ2n) is 10.3. The zero-order chi connectivity index (χ0) is 29.2. The molecule has 4 nitrogen and oxygen atoms in total. The van der Waals surface area contributed by atoms with E-state index < -0.39 is 8.38 Å². The summed E-state index contributed by atoms with van der Waals surface area (Å²) < 4.78 is 0. The van der Waals surface area contributed by atoms with Crippen molar-refractivity contribution in [3.63, 3.8) is 0 Å². The zero-order valence-electron chi connectivity index (χ0n) is 23.3. The molecule has 7 aromatic carbocycles. The third-order valence-electron chi connectivity index (χ3n) is 7.69. The van der Waals surface area contributed by atoms with Gasteiger partial charge in [-0.05, 0) is 60.7 Å². The molecule has 0 heterocycles. The molecule has 2 N–H and O–H groups in total. The Kier molecular flexibility index (Phi) is 7.32. The molecule has 0 amide bonds. The molecule has 0 atom stereocenters. The van der Waals surface area contributed by atoms with Crippen molar-refractivity contribution in [2.75, 3.05) is 9.80 Å². The average molecular weight is 577 g/mol. The van der Waals surface area contributed by atoms with Gasteiger partial charge in [0.15, 0.2) is 8.38 Å². The van der Waals surface area contributed by atoms with Crippen molar-refractivity contribution in [2.24, 2.45) is 0 Å². The van der Waals surface area contributed by atoms with Crippen LogP contribution in [0.15, 0.2) is 164 Å². The average Bonchev–Trinajstić information content (AvgIpc) is 3.07. The lowest BCUT2D eigenvalue weighted by Crippen LogP contribution is -2.15. The fourth-order valence-electron chi connectivity index (χ4n) is 5.85. The minimum Gasteiger partial charge on any atom is -0.347 e. The van der Waals surface area contributed by atoms with Crippen molar-refractivity contribution in [3.8, 4) is 0 Å². The Morgan fingerprint density at radius 1 is 0.349 bits per heavy atom.